The summed E-state index contributed by atoms with van der Waals surface area (Å²) < 4.78 is 22.0. The zero-order valence-corrected chi connectivity index (χ0v) is 19.5. The minimum Gasteiger partial charge on any atom is -0.450 e. The van der Waals surface area contributed by atoms with Gasteiger partial charge in [-0.05, 0) is 56.2 Å². The first-order valence-electron chi connectivity index (χ1n) is 10.9. The Morgan fingerprint density at radius 2 is 1.79 bits per heavy atom. The fourth-order valence-electron chi connectivity index (χ4n) is 4.74. The molecule has 0 aliphatic carbocycles. The minimum absolute atomic E-state index is 0.0678. The predicted octanol–water partition coefficient (Wildman–Crippen LogP) is 6.22. The highest BCUT2D eigenvalue weighted by molar-refractivity contribution is 7.22. The van der Waals surface area contributed by atoms with Gasteiger partial charge >= 0.3 is 0 Å². The zero-order chi connectivity index (χ0) is 23.7. The number of aryl methyl sites for hydroxylation is 3. The molecule has 168 valence electrons. The molecule has 34 heavy (non-hydrogen) atoms. The van der Waals surface area contributed by atoms with Crippen molar-refractivity contribution in [2.24, 2.45) is 0 Å². The quantitative estimate of drug-likeness (QED) is 0.307. The Balaban J connectivity index is 1.67. The summed E-state index contributed by atoms with van der Waals surface area (Å²) in [5.41, 5.74) is 4.09. The van der Waals surface area contributed by atoms with Crippen molar-refractivity contribution < 1.29 is 13.6 Å². The van der Waals surface area contributed by atoms with Crippen molar-refractivity contribution in [1.82, 2.24) is 4.98 Å². The second kappa shape index (κ2) is 7.33. The molecule has 5 nitrogen and oxygen atoms in total. The van der Waals surface area contributed by atoms with E-state index < -0.39 is 17.8 Å². The van der Waals surface area contributed by atoms with Crippen molar-refractivity contribution in [2.75, 3.05) is 4.90 Å². The van der Waals surface area contributed by atoms with Gasteiger partial charge in [0.2, 0.25) is 5.76 Å². The van der Waals surface area contributed by atoms with Gasteiger partial charge in [-0.25, -0.2) is 9.37 Å². The molecule has 2 aromatic heterocycles. The van der Waals surface area contributed by atoms with Gasteiger partial charge in [0.1, 0.15) is 17.4 Å². The van der Waals surface area contributed by atoms with Crippen LogP contribution in [-0.2, 0) is 0 Å². The summed E-state index contributed by atoms with van der Waals surface area (Å²) in [4.78, 5) is 33.6. The van der Waals surface area contributed by atoms with Crippen molar-refractivity contribution in [3.8, 4) is 0 Å². The molecule has 1 atom stereocenters. The van der Waals surface area contributed by atoms with Crippen molar-refractivity contribution >= 4 is 43.6 Å². The van der Waals surface area contributed by atoms with E-state index in [-0.39, 0.29) is 22.3 Å². The van der Waals surface area contributed by atoms with Crippen LogP contribution in [0.5, 0.6) is 0 Å². The lowest BCUT2D eigenvalue weighted by atomic mass is 9.98. The highest BCUT2D eigenvalue weighted by atomic mass is 32.1. The van der Waals surface area contributed by atoms with E-state index in [0.717, 1.165) is 26.9 Å². The molecule has 1 unspecified atom stereocenters. The number of benzene rings is 3. The van der Waals surface area contributed by atoms with Crippen LogP contribution in [0.2, 0.25) is 0 Å². The van der Waals surface area contributed by atoms with E-state index >= 15 is 4.39 Å². The smallest absolute Gasteiger partial charge is 0.297 e. The van der Waals surface area contributed by atoms with Crippen LogP contribution < -0.4 is 10.3 Å². The van der Waals surface area contributed by atoms with Crippen molar-refractivity contribution in [2.45, 2.75) is 26.8 Å². The molecule has 0 bridgehead atoms. The molecule has 3 heterocycles. The maximum Gasteiger partial charge on any atom is 0.297 e. The van der Waals surface area contributed by atoms with Crippen LogP contribution in [0.3, 0.4) is 0 Å². The first-order valence-corrected chi connectivity index (χ1v) is 11.7. The number of thiazole rings is 1. The standard InChI is InChI=1S/C27H19FN2O3S/c1-13-8-9-19-17(11-13)24(31)21-23(16-6-4-5-7-18(16)28)30(26(32)25(21)33-19)27-29-22-15(3)10-14(2)12-20(22)34-27/h4-12,23H,1-3H3. The van der Waals surface area contributed by atoms with E-state index in [1.807, 2.05) is 39.0 Å². The van der Waals surface area contributed by atoms with Gasteiger partial charge in [0, 0.05) is 5.56 Å². The number of halogens is 1. The fourth-order valence-corrected chi connectivity index (χ4v) is 5.91. The highest BCUT2D eigenvalue weighted by Crippen LogP contribution is 2.44. The Hall–Kier alpha value is -3.84. The Labute approximate surface area is 198 Å². The number of aromatic nitrogens is 1. The molecule has 1 aliphatic heterocycles. The summed E-state index contributed by atoms with van der Waals surface area (Å²) in [7, 11) is 0. The van der Waals surface area contributed by atoms with E-state index in [1.54, 1.807) is 30.3 Å². The second-order valence-corrected chi connectivity index (χ2v) is 9.71. The van der Waals surface area contributed by atoms with Crippen LogP contribution in [0.25, 0.3) is 21.2 Å². The molecule has 7 heteroatoms. The molecule has 5 aromatic rings. The van der Waals surface area contributed by atoms with Crippen LogP contribution in [0, 0.1) is 26.6 Å². The van der Waals surface area contributed by atoms with Crippen LogP contribution in [0.15, 0.2) is 63.8 Å². The Morgan fingerprint density at radius 1 is 1.00 bits per heavy atom. The molecular weight excluding hydrogens is 451 g/mol. The third kappa shape index (κ3) is 2.93. The van der Waals surface area contributed by atoms with Crippen LogP contribution >= 0.6 is 11.3 Å². The van der Waals surface area contributed by atoms with Gasteiger partial charge in [-0.2, -0.15) is 0 Å². The van der Waals surface area contributed by atoms with Gasteiger partial charge in [-0.1, -0.05) is 47.2 Å². The first kappa shape index (κ1) is 20.7. The number of anilines is 1. The molecule has 1 aliphatic rings. The molecule has 0 N–H and O–H groups in total. The summed E-state index contributed by atoms with van der Waals surface area (Å²) in [6.45, 7) is 5.85. The summed E-state index contributed by atoms with van der Waals surface area (Å²) in [6.07, 6.45) is 0. The number of amides is 1. The Bertz CT molecular complexity index is 1720. The molecular formula is C27H19FN2O3S. The first-order chi connectivity index (χ1) is 16.3. The summed E-state index contributed by atoms with van der Waals surface area (Å²) in [5.74, 6) is -1.08. The molecule has 0 saturated heterocycles. The number of carbonyl (C=O) groups excluding carboxylic acids is 1. The molecule has 0 fully saturated rings. The molecule has 0 radical (unpaired) electrons. The average Bonchev–Trinajstić information content (AvgIpc) is 3.34. The lowest BCUT2D eigenvalue weighted by Gasteiger charge is -2.22. The molecule has 0 spiro atoms. The molecule has 0 saturated carbocycles. The lowest BCUT2D eigenvalue weighted by Crippen LogP contribution is -2.30. The molecule has 1 amide bonds. The topological polar surface area (TPSA) is 63.4 Å². The lowest BCUT2D eigenvalue weighted by molar-refractivity contribution is 0.0971. The maximum absolute atomic E-state index is 15.1. The highest BCUT2D eigenvalue weighted by Gasteiger charge is 2.46. The zero-order valence-electron chi connectivity index (χ0n) is 18.7. The van der Waals surface area contributed by atoms with E-state index in [0.29, 0.717) is 16.1 Å². The van der Waals surface area contributed by atoms with E-state index in [9.17, 15) is 9.59 Å². The van der Waals surface area contributed by atoms with E-state index in [2.05, 4.69) is 0 Å². The Morgan fingerprint density at radius 3 is 2.59 bits per heavy atom. The third-order valence-corrected chi connectivity index (χ3v) is 7.25. The van der Waals surface area contributed by atoms with E-state index in [4.69, 9.17) is 9.40 Å². The fraction of sp³-hybridized carbons (Fsp3) is 0.148. The molecule has 3 aromatic carbocycles. The Kier molecular flexibility index (Phi) is 4.47. The number of hydrogen-bond donors (Lipinski definition) is 0. The second-order valence-electron chi connectivity index (χ2n) is 8.70. The predicted molar refractivity (Wildman–Crippen MR) is 131 cm³/mol. The maximum atomic E-state index is 15.1. The molecule has 6 rings (SSSR count). The van der Waals surface area contributed by atoms with Gasteiger partial charge in [0.25, 0.3) is 5.91 Å². The van der Waals surface area contributed by atoms with Crippen molar-refractivity contribution in [1.29, 1.82) is 0 Å². The van der Waals surface area contributed by atoms with Crippen LogP contribution in [0.4, 0.5) is 9.52 Å². The number of rotatable bonds is 2. The minimum atomic E-state index is -0.980. The summed E-state index contributed by atoms with van der Waals surface area (Å²) in [6, 6.07) is 14.5. The van der Waals surface area contributed by atoms with Crippen molar-refractivity contribution in [3.63, 3.8) is 0 Å². The number of nitrogens with zero attached hydrogens (tertiary/aromatic N) is 2. The van der Waals surface area contributed by atoms with Gasteiger partial charge in [-0.15, -0.1) is 0 Å². The van der Waals surface area contributed by atoms with Crippen molar-refractivity contribution in [3.05, 3.63) is 104 Å². The van der Waals surface area contributed by atoms with Crippen LogP contribution in [0.1, 0.15) is 44.4 Å². The monoisotopic (exact) mass is 470 g/mol. The SMILES string of the molecule is Cc1cc(C)c2nc(N3C(=O)c4oc5ccc(C)cc5c(=O)c4C3c3ccccc3F)sc2c1. The third-order valence-electron chi connectivity index (χ3n) is 6.25. The average molecular weight is 471 g/mol. The summed E-state index contributed by atoms with van der Waals surface area (Å²) >= 11 is 1.34. The number of carbonyl (C=O) groups is 1. The van der Waals surface area contributed by atoms with E-state index in [1.165, 1.54) is 22.3 Å². The van der Waals surface area contributed by atoms with Crippen LogP contribution in [-0.4, -0.2) is 10.9 Å². The van der Waals surface area contributed by atoms with Gasteiger partial charge < -0.3 is 4.42 Å². The number of hydrogen-bond acceptors (Lipinski definition) is 5. The largest absolute Gasteiger partial charge is 0.450 e. The number of fused-ring (bicyclic) bond motifs is 3. The van der Waals surface area contributed by atoms with Gasteiger partial charge in [-0.3, -0.25) is 14.5 Å². The normalized spacial score (nSPS) is 15.5. The summed E-state index contributed by atoms with van der Waals surface area (Å²) in [5, 5.41) is 0.762. The van der Waals surface area contributed by atoms with Gasteiger partial charge in [0.15, 0.2) is 10.6 Å². The van der Waals surface area contributed by atoms with Gasteiger partial charge in [0.05, 0.1) is 21.2 Å².